The van der Waals surface area contributed by atoms with Crippen LogP contribution in [-0.4, -0.2) is 66.8 Å². The lowest BCUT2D eigenvalue weighted by molar-refractivity contribution is -0.356. The zero-order valence-corrected chi connectivity index (χ0v) is 35.0. The van der Waals surface area contributed by atoms with Crippen LogP contribution < -0.4 is 5.32 Å². The number of nitrogens with one attached hydrogen (secondary N) is 1. The lowest BCUT2D eigenvalue weighted by Gasteiger charge is -2.61. The van der Waals surface area contributed by atoms with Gasteiger partial charge in [-0.15, -0.1) is 10.2 Å². The van der Waals surface area contributed by atoms with Gasteiger partial charge in [-0.2, -0.15) is 5.10 Å². The molecule has 0 aromatic carbocycles. The monoisotopic (exact) mass is 766 g/mol. The van der Waals surface area contributed by atoms with Crippen LogP contribution in [0.4, 0.5) is 4.79 Å². The number of rotatable bonds is 12. The minimum atomic E-state index is -0.559. The maximum Gasteiger partial charge on any atom is 0.407 e. The number of fused-ring (bicyclic) bond motifs is 2. The molecule has 3 aromatic heterocycles. The first kappa shape index (κ1) is 41.7. The van der Waals surface area contributed by atoms with Gasteiger partial charge < -0.3 is 14.8 Å². The first-order chi connectivity index (χ1) is 24.9. The van der Waals surface area contributed by atoms with E-state index < -0.39 is 17.3 Å². The van der Waals surface area contributed by atoms with Gasteiger partial charge in [0.1, 0.15) is 23.6 Å². The van der Waals surface area contributed by atoms with Crippen LogP contribution >= 0.6 is 11.6 Å². The Labute approximate surface area is 325 Å². The molecule has 296 valence electrons. The van der Waals surface area contributed by atoms with E-state index in [1.54, 1.807) is 19.1 Å². The van der Waals surface area contributed by atoms with E-state index in [1.807, 2.05) is 53.8 Å². The van der Waals surface area contributed by atoms with Gasteiger partial charge in [-0.05, 0) is 121 Å². The number of aryl methyl sites for hydroxylation is 1. The Morgan fingerprint density at radius 1 is 0.907 bits per heavy atom. The molecule has 2 bridgehead atoms. The van der Waals surface area contributed by atoms with Gasteiger partial charge >= 0.3 is 6.09 Å². The molecule has 0 radical (unpaired) electrons. The minimum absolute atomic E-state index is 0.0121. The minimum Gasteiger partial charge on any atom is -0.444 e. The SMILES string of the molecule is Cc1cc(C(=O)c2ccc(-c3cnn(CC4(C)CC5(C)CC(C)(C)CC(OCCNC(=O)OC(C)(C)C)(C4)C5)c3C)c(COOC(C)(C)C)n2)nnc1Cl. The molecule has 2 aliphatic rings. The highest BCUT2D eigenvalue weighted by atomic mass is 35.5. The summed E-state index contributed by atoms with van der Waals surface area (Å²) >= 11 is 6.07. The van der Waals surface area contributed by atoms with Gasteiger partial charge in [0, 0.05) is 29.9 Å². The first-order valence-electron chi connectivity index (χ1n) is 18.9. The summed E-state index contributed by atoms with van der Waals surface area (Å²) in [5, 5.41) is 15.9. The van der Waals surface area contributed by atoms with Crippen LogP contribution in [-0.2, 0) is 32.4 Å². The van der Waals surface area contributed by atoms with Crippen molar-refractivity contribution < 1.29 is 28.8 Å². The normalized spacial score (nSPS) is 23.9. The summed E-state index contributed by atoms with van der Waals surface area (Å²) in [6.07, 6.45) is 6.36. The average Bonchev–Trinajstić information content (AvgIpc) is 3.35. The van der Waals surface area contributed by atoms with Crippen molar-refractivity contribution in [3.8, 4) is 11.1 Å². The third kappa shape index (κ3) is 10.4. The number of amides is 1. The lowest BCUT2D eigenvalue weighted by Crippen LogP contribution is -2.57. The molecule has 13 heteroatoms. The Balaban J connectivity index is 1.39. The van der Waals surface area contributed by atoms with Gasteiger partial charge in [0.15, 0.2) is 5.15 Å². The largest absolute Gasteiger partial charge is 0.444 e. The molecule has 3 heterocycles. The van der Waals surface area contributed by atoms with Gasteiger partial charge in [-0.25, -0.2) is 19.6 Å². The van der Waals surface area contributed by atoms with Crippen LogP contribution in [0.2, 0.25) is 5.15 Å². The summed E-state index contributed by atoms with van der Waals surface area (Å²) in [7, 11) is 0. The third-order valence-corrected chi connectivity index (χ3v) is 10.4. The molecule has 2 saturated carbocycles. The van der Waals surface area contributed by atoms with Crippen LogP contribution in [0.3, 0.4) is 0 Å². The zero-order chi connectivity index (χ0) is 39.9. The summed E-state index contributed by atoms with van der Waals surface area (Å²) in [6.45, 7) is 26.0. The molecule has 1 N–H and O–H groups in total. The number of aromatic nitrogens is 5. The topological polar surface area (TPSA) is 140 Å². The molecule has 3 aromatic rings. The van der Waals surface area contributed by atoms with Crippen molar-refractivity contribution in [2.24, 2.45) is 16.2 Å². The number of ketones is 1. The summed E-state index contributed by atoms with van der Waals surface area (Å²) in [5.74, 6) is -0.372. The lowest BCUT2D eigenvalue weighted by atomic mass is 9.48. The quantitative estimate of drug-likeness (QED) is 0.0824. The van der Waals surface area contributed by atoms with Crippen LogP contribution in [0.5, 0.6) is 0 Å². The number of hydrogen-bond acceptors (Lipinski definition) is 10. The van der Waals surface area contributed by atoms with E-state index in [0.29, 0.717) is 31.0 Å². The highest BCUT2D eigenvalue weighted by Gasteiger charge is 2.58. The standard InChI is InChI=1S/C41H59ClN6O6/c1-26-17-31(46-47-34(26)42)33(49)30-14-13-28(32(45-30)19-52-54-37(6,7)8)29-18-44-48(27(29)2)25-40(12)22-39(11)20-38(9,10)21-41(23-39,24-40)51-16-15-43-35(50)53-36(3,4)5/h13-14,17-18H,15-16,19-25H2,1-12H3,(H,43,50). The summed E-state index contributed by atoms with van der Waals surface area (Å²) in [4.78, 5) is 41.8. The predicted molar refractivity (Wildman–Crippen MR) is 207 cm³/mol. The first-order valence-corrected chi connectivity index (χ1v) is 19.3. The number of halogens is 1. The fraction of sp³-hybridized carbons (Fsp3) is 0.659. The highest BCUT2D eigenvalue weighted by molar-refractivity contribution is 6.30. The van der Waals surface area contributed by atoms with Crippen molar-refractivity contribution in [2.45, 2.75) is 145 Å². The molecule has 1 amide bonds. The van der Waals surface area contributed by atoms with E-state index in [2.05, 4.69) is 54.8 Å². The average molecular weight is 767 g/mol. The molecule has 12 nitrogen and oxygen atoms in total. The molecule has 54 heavy (non-hydrogen) atoms. The van der Waals surface area contributed by atoms with Crippen LogP contribution in [0.25, 0.3) is 11.1 Å². The van der Waals surface area contributed by atoms with Crippen molar-refractivity contribution in [1.29, 1.82) is 0 Å². The number of hydrogen-bond donors (Lipinski definition) is 1. The molecule has 0 saturated heterocycles. The summed E-state index contributed by atoms with van der Waals surface area (Å²) < 4.78 is 14.4. The van der Waals surface area contributed by atoms with E-state index in [4.69, 9.17) is 40.9 Å². The van der Waals surface area contributed by atoms with E-state index >= 15 is 0 Å². The smallest absolute Gasteiger partial charge is 0.407 e. The number of pyridine rings is 1. The maximum absolute atomic E-state index is 13.5. The van der Waals surface area contributed by atoms with Gasteiger partial charge in [-0.1, -0.05) is 45.4 Å². The van der Waals surface area contributed by atoms with E-state index in [-0.39, 0.29) is 50.8 Å². The Hall–Kier alpha value is -3.45. The summed E-state index contributed by atoms with van der Waals surface area (Å²) in [5.41, 5.74) is 2.86. The molecule has 0 spiro atoms. The second kappa shape index (κ2) is 15.2. The van der Waals surface area contributed by atoms with Crippen molar-refractivity contribution >= 4 is 23.5 Å². The van der Waals surface area contributed by atoms with Crippen LogP contribution in [0.15, 0.2) is 24.4 Å². The number of carbonyl (C=O) groups is 2. The van der Waals surface area contributed by atoms with Crippen LogP contribution in [0.1, 0.15) is 134 Å². The zero-order valence-electron chi connectivity index (χ0n) is 34.2. The van der Waals surface area contributed by atoms with Crippen molar-refractivity contribution in [1.82, 2.24) is 30.3 Å². The fourth-order valence-electron chi connectivity index (χ4n) is 9.30. The molecule has 3 unspecified atom stereocenters. The Kier molecular flexibility index (Phi) is 11.8. The van der Waals surface area contributed by atoms with E-state index in [9.17, 15) is 9.59 Å². The molecule has 5 rings (SSSR count). The van der Waals surface area contributed by atoms with Gasteiger partial charge in [0.2, 0.25) is 5.78 Å². The van der Waals surface area contributed by atoms with Crippen molar-refractivity contribution in [2.75, 3.05) is 13.2 Å². The Morgan fingerprint density at radius 3 is 2.30 bits per heavy atom. The van der Waals surface area contributed by atoms with Gasteiger partial charge in [0.25, 0.3) is 0 Å². The molecule has 2 fully saturated rings. The van der Waals surface area contributed by atoms with E-state index in [1.165, 1.54) is 0 Å². The fourth-order valence-corrected chi connectivity index (χ4v) is 9.39. The molecule has 2 aliphatic carbocycles. The third-order valence-electron chi connectivity index (χ3n) is 10.0. The Morgan fingerprint density at radius 2 is 1.63 bits per heavy atom. The van der Waals surface area contributed by atoms with Gasteiger partial charge in [0.05, 0.1) is 29.7 Å². The molecular formula is C41H59ClN6O6. The maximum atomic E-state index is 13.5. The van der Waals surface area contributed by atoms with Crippen molar-refractivity contribution in [3.05, 3.63) is 57.9 Å². The second-order valence-electron chi connectivity index (χ2n) is 19.1. The Bertz CT molecular complexity index is 1860. The summed E-state index contributed by atoms with van der Waals surface area (Å²) in [6, 6.07) is 5.18. The predicted octanol–water partition coefficient (Wildman–Crippen LogP) is 8.78. The molecule has 0 aliphatic heterocycles. The number of ether oxygens (including phenoxy) is 2. The van der Waals surface area contributed by atoms with Crippen LogP contribution in [0, 0.1) is 30.1 Å². The molecular weight excluding hydrogens is 708 g/mol. The number of carbonyl (C=O) groups excluding carboxylic acids is 2. The number of alkyl carbamates (subject to hydrolysis) is 1. The van der Waals surface area contributed by atoms with E-state index in [0.717, 1.165) is 48.9 Å². The van der Waals surface area contributed by atoms with Gasteiger partial charge in [-0.3, -0.25) is 9.48 Å². The second-order valence-corrected chi connectivity index (χ2v) is 19.5. The van der Waals surface area contributed by atoms with Crippen molar-refractivity contribution in [3.63, 3.8) is 0 Å². The highest BCUT2D eigenvalue weighted by Crippen LogP contribution is 2.63. The number of nitrogens with zero attached hydrogens (tertiary/aromatic N) is 5. The molecule has 3 atom stereocenters.